The number of carbonyl (C=O) groups is 1. The molecule has 9 heteroatoms. The van der Waals surface area contributed by atoms with Crippen LogP contribution in [0.4, 0.5) is 5.82 Å². The SMILES string of the molecule is O=C(Cn1cccc1)N1CCN(c2cc(-n3cncn3)ncn2)CC1. The summed E-state index contributed by atoms with van der Waals surface area (Å²) in [6.07, 6.45) is 8.40. The Morgan fingerprint density at radius 3 is 2.48 bits per heavy atom. The summed E-state index contributed by atoms with van der Waals surface area (Å²) in [6.45, 7) is 3.24. The van der Waals surface area contributed by atoms with Gasteiger partial charge in [0.1, 0.15) is 31.3 Å². The quantitative estimate of drug-likeness (QED) is 0.676. The number of nitrogens with zero attached hydrogens (tertiary/aromatic N) is 8. The molecular formula is C16H18N8O. The first-order chi connectivity index (χ1) is 12.3. The lowest BCUT2D eigenvalue weighted by Gasteiger charge is -2.35. The molecule has 0 radical (unpaired) electrons. The van der Waals surface area contributed by atoms with Crippen LogP contribution in [0.2, 0.25) is 0 Å². The van der Waals surface area contributed by atoms with Crippen molar-refractivity contribution >= 4 is 11.7 Å². The van der Waals surface area contributed by atoms with Gasteiger partial charge in [0.15, 0.2) is 5.82 Å². The molecule has 0 N–H and O–H groups in total. The van der Waals surface area contributed by atoms with Gasteiger partial charge in [-0.05, 0) is 12.1 Å². The fourth-order valence-electron chi connectivity index (χ4n) is 2.88. The number of hydrogen-bond acceptors (Lipinski definition) is 6. The lowest BCUT2D eigenvalue weighted by Crippen LogP contribution is -2.49. The third kappa shape index (κ3) is 3.35. The fourth-order valence-corrected chi connectivity index (χ4v) is 2.88. The van der Waals surface area contributed by atoms with Crippen LogP contribution >= 0.6 is 0 Å². The molecule has 0 atom stereocenters. The number of rotatable bonds is 4. The molecule has 1 aliphatic heterocycles. The molecular weight excluding hydrogens is 320 g/mol. The van der Waals surface area contributed by atoms with Crippen LogP contribution in [-0.2, 0) is 11.3 Å². The first-order valence-electron chi connectivity index (χ1n) is 8.10. The van der Waals surface area contributed by atoms with Gasteiger partial charge in [-0.15, -0.1) is 0 Å². The molecule has 0 spiro atoms. The van der Waals surface area contributed by atoms with E-state index in [-0.39, 0.29) is 5.91 Å². The highest BCUT2D eigenvalue weighted by atomic mass is 16.2. The summed E-state index contributed by atoms with van der Waals surface area (Å²) in [5, 5.41) is 4.08. The molecule has 0 saturated carbocycles. The number of piperazine rings is 1. The molecule has 1 amide bonds. The van der Waals surface area contributed by atoms with Gasteiger partial charge in [0.05, 0.1) is 0 Å². The van der Waals surface area contributed by atoms with E-state index in [2.05, 4.69) is 25.0 Å². The van der Waals surface area contributed by atoms with Crippen LogP contribution in [0.5, 0.6) is 0 Å². The van der Waals surface area contributed by atoms with E-state index in [1.807, 2.05) is 40.1 Å². The Hall–Kier alpha value is -3.23. The fraction of sp³-hybridized carbons (Fsp3) is 0.312. The van der Waals surface area contributed by atoms with E-state index < -0.39 is 0 Å². The predicted octanol–water partition coefficient (Wildman–Crippen LogP) is 0.208. The van der Waals surface area contributed by atoms with Crippen LogP contribution in [-0.4, -0.2) is 66.3 Å². The molecule has 3 aromatic heterocycles. The van der Waals surface area contributed by atoms with E-state index in [1.54, 1.807) is 11.0 Å². The molecule has 0 unspecified atom stereocenters. The van der Waals surface area contributed by atoms with Crippen molar-refractivity contribution in [2.75, 3.05) is 31.1 Å². The van der Waals surface area contributed by atoms with E-state index in [9.17, 15) is 4.79 Å². The second-order valence-corrected chi connectivity index (χ2v) is 5.80. The summed E-state index contributed by atoms with van der Waals surface area (Å²) in [7, 11) is 0. The summed E-state index contributed by atoms with van der Waals surface area (Å²) in [4.78, 5) is 28.9. The monoisotopic (exact) mass is 338 g/mol. The van der Waals surface area contributed by atoms with Crippen molar-refractivity contribution < 1.29 is 4.79 Å². The van der Waals surface area contributed by atoms with Crippen molar-refractivity contribution in [3.8, 4) is 5.82 Å². The summed E-state index contributed by atoms with van der Waals surface area (Å²) in [5.41, 5.74) is 0. The molecule has 3 aromatic rings. The first kappa shape index (κ1) is 15.3. The molecule has 0 aromatic carbocycles. The molecule has 128 valence electrons. The second-order valence-electron chi connectivity index (χ2n) is 5.80. The van der Waals surface area contributed by atoms with Gasteiger partial charge in [0.25, 0.3) is 0 Å². The second kappa shape index (κ2) is 6.71. The van der Waals surface area contributed by atoms with Crippen molar-refractivity contribution in [3.63, 3.8) is 0 Å². The first-order valence-corrected chi connectivity index (χ1v) is 8.10. The van der Waals surface area contributed by atoms with Crippen molar-refractivity contribution in [2.45, 2.75) is 6.54 Å². The summed E-state index contributed by atoms with van der Waals surface area (Å²) < 4.78 is 3.49. The summed E-state index contributed by atoms with van der Waals surface area (Å²) >= 11 is 0. The van der Waals surface area contributed by atoms with Crippen LogP contribution in [0.3, 0.4) is 0 Å². The van der Waals surface area contributed by atoms with Gasteiger partial charge in [0.2, 0.25) is 5.91 Å². The van der Waals surface area contributed by atoms with Crippen molar-refractivity contribution in [1.29, 1.82) is 0 Å². The Kier molecular flexibility index (Phi) is 4.11. The van der Waals surface area contributed by atoms with Gasteiger partial charge < -0.3 is 14.4 Å². The van der Waals surface area contributed by atoms with Gasteiger partial charge in [-0.3, -0.25) is 4.79 Å². The zero-order chi connectivity index (χ0) is 17.1. The maximum atomic E-state index is 12.4. The summed E-state index contributed by atoms with van der Waals surface area (Å²) in [5.74, 6) is 1.65. The number of aromatic nitrogens is 6. The number of carbonyl (C=O) groups excluding carboxylic acids is 1. The van der Waals surface area contributed by atoms with Crippen LogP contribution in [0.25, 0.3) is 5.82 Å². The lowest BCUT2D eigenvalue weighted by molar-refractivity contribution is -0.132. The van der Waals surface area contributed by atoms with Crippen molar-refractivity contribution in [1.82, 2.24) is 34.2 Å². The van der Waals surface area contributed by atoms with E-state index in [1.165, 1.54) is 12.7 Å². The number of anilines is 1. The molecule has 25 heavy (non-hydrogen) atoms. The third-order valence-corrected chi connectivity index (χ3v) is 4.23. The maximum Gasteiger partial charge on any atom is 0.242 e. The minimum absolute atomic E-state index is 0.141. The standard InChI is InChI=1S/C16H18N8O/c25-16(10-21-3-1-2-4-21)23-7-5-22(6-8-23)14-9-15(19-12-18-14)24-13-17-11-20-24/h1-4,9,11-13H,5-8,10H2. The zero-order valence-electron chi connectivity index (χ0n) is 13.6. The minimum atomic E-state index is 0.141. The van der Waals surface area contributed by atoms with Gasteiger partial charge >= 0.3 is 0 Å². The largest absolute Gasteiger partial charge is 0.353 e. The molecule has 1 aliphatic rings. The van der Waals surface area contributed by atoms with E-state index in [0.29, 0.717) is 25.5 Å². The highest BCUT2D eigenvalue weighted by Gasteiger charge is 2.22. The van der Waals surface area contributed by atoms with E-state index in [4.69, 9.17) is 0 Å². The Labute approximate surface area is 144 Å². The Morgan fingerprint density at radius 2 is 1.76 bits per heavy atom. The summed E-state index contributed by atoms with van der Waals surface area (Å²) in [6, 6.07) is 5.73. The van der Waals surface area contributed by atoms with Crippen LogP contribution in [0.15, 0.2) is 49.6 Å². The molecule has 4 heterocycles. The molecule has 0 bridgehead atoms. The highest BCUT2D eigenvalue weighted by Crippen LogP contribution is 2.15. The maximum absolute atomic E-state index is 12.4. The molecule has 9 nitrogen and oxygen atoms in total. The number of hydrogen-bond donors (Lipinski definition) is 0. The Bertz CT molecular complexity index is 822. The van der Waals surface area contributed by atoms with Crippen LogP contribution in [0, 0.1) is 0 Å². The minimum Gasteiger partial charge on any atom is -0.353 e. The third-order valence-electron chi connectivity index (χ3n) is 4.23. The topological polar surface area (TPSA) is 85.0 Å². The normalized spacial score (nSPS) is 14.7. The van der Waals surface area contributed by atoms with Gasteiger partial charge in [-0.1, -0.05) is 0 Å². The lowest BCUT2D eigenvalue weighted by atomic mass is 10.3. The van der Waals surface area contributed by atoms with Crippen molar-refractivity contribution in [2.24, 2.45) is 0 Å². The Balaban J connectivity index is 1.39. The van der Waals surface area contributed by atoms with E-state index in [0.717, 1.165) is 18.9 Å². The average molecular weight is 338 g/mol. The molecule has 0 aliphatic carbocycles. The predicted molar refractivity (Wildman–Crippen MR) is 90.2 cm³/mol. The van der Waals surface area contributed by atoms with E-state index >= 15 is 0 Å². The van der Waals surface area contributed by atoms with Gasteiger partial charge in [0, 0.05) is 44.6 Å². The van der Waals surface area contributed by atoms with Crippen LogP contribution < -0.4 is 4.90 Å². The number of amides is 1. The van der Waals surface area contributed by atoms with Gasteiger partial charge in [-0.25, -0.2) is 19.6 Å². The van der Waals surface area contributed by atoms with Crippen molar-refractivity contribution in [3.05, 3.63) is 49.6 Å². The highest BCUT2D eigenvalue weighted by molar-refractivity contribution is 5.76. The average Bonchev–Trinajstić information content (AvgIpc) is 3.36. The molecule has 1 fully saturated rings. The smallest absolute Gasteiger partial charge is 0.242 e. The molecule has 4 rings (SSSR count). The Morgan fingerprint density at radius 1 is 1.00 bits per heavy atom. The van der Waals surface area contributed by atoms with Crippen LogP contribution in [0.1, 0.15) is 0 Å². The molecule has 1 saturated heterocycles. The zero-order valence-corrected chi connectivity index (χ0v) is 13.6. The van der Waals surface area contributed by atoms with Gasteiger partial charge in [-0.2, -0.15) is 5.10 Å².